The molecule has 0 unspecified atom stereocenters. The minimum atomic E-state index is -0.370. The van der Waals surface area contributed by atoms with Gasteiger partial charge in [0.1, 0.15) is 11.6 Å². The number of nitrogens with one attached hydrogen (secondary N) is 1. The van der Waals surface area contributed by atoms with Crippen LogP contribution in [0.3, 0.4) is 0 Å². The third-order valence-electron chi connectivity index (χ3n) is 3.05. The highest BCUT2D eigenvalue weighted by molar-refractivity contribution is 9.10. The zero-order valence-electron chi connectivity index (χ0n) is 12.8. The van der Waals surface area contributed by atoms with Gasteiger partial charge in [-0.05, 0) is 54.8 Å². The Kier molecular flexibility index (Phi) is 5.87. The first-order chi connectivity index (χ1) is 11.0. The second-order valence-corrected chi connectivity index (χ2v) is 5.92. The maximum absolute atomic E-state index is 12.8. The van der Waals surface area contributed by atoms with Crippen LogP contribution in [0.25, 0.3) is 0 Å². The molecule has 1 N–H and O–H groups in total. The summed E-state index contributed by atoms with van der Waals surface area (Å²) < 4.78 is 19.3. The molecule has 4 nitrogen and oxygen atoms in total. The van der Waals surface area contributed by atoms with Gasteiger partial charge < -0.3 is 4.74 Å². The first-order valence-corrected chi connectivity index (χ1v) is 7.72. The van der Waals surface area contributed by atoms with Gasteiger partial charge in [0.15, 0.2) is 6.61 Å². The predicted octanol–water partition coefficient (Wildman–Crippen LogP) is 3.73. The van der Waals surface area contributed by atoms with Gasteiger partial charge in [0, 0.05) is 4.47 Å². The van der Waals surface area contributed by atoms with Gasteiger partial charge in [-0.1, -0.05) is 28.1 Å². The molecule has 0 aromatic heterocycles. The van der Waals surface area contributed by atoms with E-state index in [-0.39, 0.29) is 18.3 Å². The van der Waals surface area contributed by atoms with Crippen molar-refractivity contribution in [2.45, 2.75) is 13.8 Å². The molecule has 120 valence electrons. The van der Waals surface area contributed by atoms with Crippen LogP contribution >= 0.6 is 15.9 Å². The molecule has 2 aromatic carbocycles. The Bertz CT molecular complexity index is 707. The molecule has 2 aromatic rings. The van der Waals surface area contributed by atoms with Gasteiger partial charge in [-0.15, -0.1) is 0 Å². The Morgan fingerprint density at radius 2 is 1.87 bits per heavy atom. The fraction of sp³-hybridized carbons (Fsp3) is 0.176. The maximum atomic E-state index is 12.8. The number of carbonyl (C=O) groups is 1. The normalized spacial score (nSPS) is 10.8. The van der Waals surface area contributed by atoms with Crippen LogP contribution < -0.4 is 10.2 Å². The molecule has 2 rings (SSSR count). The van der Waals surface area contributed by atoms with Crippen LogP contribution in [0.15, 0.2) is 46.0 Å². The fourth-order valence-electron chi connectivity index (χ4n) is 2.02. The van der Waals surface area contributed by atoms with Gasteiger partial charge in [0.2, 0.25) is 0 Å². The Morgan fingerprint density at radius 3 is 2.48 bits per heavy atom. The van der Waals surface area contributed by atoms with Crippen LogP contribution in [-0.4, -0.2) is 18.7 Å². The summed E-state index contributed by atoms with van der Waals surface area (Å²) in [6, 6.07) is 9.63. The number of nitrogens with zero attached hydrogens (tertiary/aromatic N) is 1. The van der Waals surface area contributed by atoms with Gasteiger partial charge in [0.25, 0.3) is 5.91 Å². The average Bonchev–Trinajstić information content (AvgIpc) is 2.48. The number of benzene rings is 2. The van der Waals surface area contributed by atoms with E-state index < -0.39 is 0 Å². The molecule has 23 heavy (non-hydrogen) atoms. The van der Waals surface area contributed by atoms with Crippen LogP contribution in [0.5, 0.6) is 5.75 Å². The van der Waals surface area contributed by atoms with Crippen LogP contribution in [-0.2, 0) is 4.79 Å². The van der Waals surface area contributed by atoms with Crippen molar-refractivity contribution in [2.24, 2.45) is 5.10 Å². The number of carbonyl (C=O) groups excluding carboxylic acids is 1. The molecule has 0 aliphatic carbocycles. The summed E-state index contributed by atoms with van der Waals surface area (Å²) in [6.07, 6.45) is 1.44. The first kappa shape index (κ1) is 17.1. The minimum Gasteiger partial charge on any atom is -0.483 e. The smallest absolute Gasteiger partial charge is 0.277 e. The van der Waals surface area contributed by atoms with Crippen molar-refractivity contribution in [1.82, 2.24) is 5.43 Å². The van der Waals surface area contributed by atoms with Crippen LogP contribution in [0.2, 0.25) is 0 Å². The summed E-state index contributed by atoms with van der Waals surface area (Å²) in [7, 11) is 0. The lowest BCUT2D eigenvalue weighted by atomic mass is 10.1. The molecule has 0 fully saturated rings. The summed E-state index contributed by atoms with van der Waals surface area (Å²) in [5.74, 6) is -0.00392. The van der Waals surface area contributed by atoms with E-state index in [1.165, 1.54) is 18.3 Å². The van der Waals surface area contributed by atoms with Gasteiger partial charge in [-0.2, -0.15) is 5.10 Å². The van der Waals surface area contributed by atoms with Crippen molar-refractivity contribution in [2.75, 3.05) is 6.61 Å². The van der Waals surface area contributed by atoms with Gasteiger partial charge in [-0.3, -0.25) is 4.79 Å². The third kappa shape index (κ3) is 5.17. The lowest BCUT2D eigenvalue weighted by molar-refractivity contribution is -0.123. The topological polar surface area (TPSA) is 50.7 Å². The third-order valence-corrected chi connectivity index (χ3v) is 3.50. The van der Waals surface area contributed by atoms with E-state index in [4.69, 9.17) is 4.74 Å². The monoisotopic (exact) mass is 378 g/mol. The standard InChI is InChI=1S/C17H16BrFN2O2/c1-11-7-14(18)8-12(2)17(11)23-10-16(22)21-20-9-13-3-5-15(19)6-4-13/h3-9H,10H2,1-2H3,(H,21,22)/b20-9-. The van der Waals surface area contributed by atoms with Gasteiger partial charge in [-0.25, -0.2) is 9.82 Å². The number of ether oxygens (including phenoxy) is 1. The van der Waals surface area contributed by atoms with Crippen molar-refractivity contribution in [3.05, 3.63) is 63.4 Å². The van der Waals surface area contributed by atoms with E-state index >= 15 is 0 Å². The summed E-state index contributed by atoms with van der Waals surface area (Å²) in [5.41, 5.74) is 4.94. The summed E-state index contributed by atoms with van der Waals surface area (Å²) in [4.78, 5) is 11.7. The zero-order valence-corrected chi connectivity index (χ0v) is 14.4. The lowest BCUT2D eigenvalue weighted by Crippen LogP contribution is -2.25. The molecule has 0 spiro atoms. The number of hydrogen-bond acceptors (Lipinski definition) is 3. The molecular formula is C17H16BrFN2O2. The van der Waals surface area contributed by atoms with Crippen LogP contribution in [0.4, 0.5) is 4.39 Å². The number of halogens is 2. The Balaban J connectivity index is 1.87. The van der Waals surface area contributed by atoms with E-state index in [9.17, 15) is 9.18 Å². The molecule has 0 saturated carbocycles. The molecule has 0 aliphatic rings. The van der Waals surface area contributed by atoms with E-state index in [1.807, 2.05) is 26.0 Å². The van der Waals surface area contributed by atoms with Gasteiger partial charge >= 0.3 is 0 Å². The van der Waals surface area contributed by atoms with Crippen LogP contribution in [0, 0.1) is 19.7 Å². The second kappa shape index (κ2) is 7.87. The minimum absolute atomic E-state index is 0.135. The van der Waals surface area contributed by atoms with Crippen molar-refractivity contribution >= 4 is 28.1 Å². The first-order valence-electron chi connectivity index (χ1n) is 6.92. The van der Waals surface area contributed by atoms with Crippen molar-refractivity contribution in [1.29, 1.82) is 0 Å². The summed E-state index contributed by atoms with van der Waals surface area (Å²) in [6.45, 7) is 3.69. The summed E-state index contributed by atoms with van der Waals surface area (Å²) >= 11 is 3.41. The molecule has 0 heterocycles. The van der Waals surface area contributed by atoms with E-state index in [1.54, 1.807) is 12.1 Å². The largest absolute Gasteiger partial charge is 0.483 e. The molecular weight excluding hydrogens is 363 g/mol. The second-order valence-electron chi connectivity index (χ2n) is 5.00. The Labute approximate surface area is 142 Å². The number of hydrazone groups is 1. The predicted molar refractivity (Wildman–Crippen MR) is 91.2 cm³/mol. The van der Waals surface area contributed by atoms with Crippen LogP contribution in [0.1, 0.15) is 16.7 Å². The molecule has 0 saturated heterocycles. The number of aryl methyl sites for hydroxylation is 2. The average molecular weight is 379 g/mol. The van der Waals surface area contributed by atoms with E-state index in [0.717, 1.165) is 15.6 Å². The van der Waals surface area contributed by atoms with E-state index in [0.29, 0.717) is 11.3 Å². The maximum Gasteiger partial charge on any atom is 0.277 e. The summed E-state index contributed by atoms with van der Waals surface area (Å²) in [5, 5.41) is 3.81. The molecule has 0 bridgehead atoms. The quantitative estimate of drug-likeness (QED) is 0.636. The highest BCUT2D eigenvalue weighted by Gasteiger charge is 2.08. The van der Waals surface area contributed by atoms with E-state index in [2.05, 4.69) is 26.5 Å². The van der Waals surface area contributed by atoms with Gasteiger partial charge in [0.05, 0.1) is 6.21 Å². The Hall–Kier alpha value is -2.21. The SMILES string of the molecule is Cc1cc(Br)cc(C)c1OCC(=O)N/N=C\c1ccc(F)cc1. The highest BCUT2D eigenvalue weighted by Crippen LogP contribution is 2.27. The fourth-order valence-corrected chi connectivity index (χ4v) is 2.71. The molecule has 0 atom stereocenters. The molecule has 0 aliphatic heterocycles. The molecule has 0 radical (unpaired) electrons. The van der Waals surface area contributed by atoms with Crippen molar-refractivity contribution in [3.8, 4) is 5.75 Å². The van der Waals surface area contributed by atoms with Crippen molar-refractivity contribution < 1.29 is 13.9 Å². The lowest BCUT2D eigenvalue weighted by Gasteiger charge is -2.11. The highest BCUT2D eigenvalue weighted by atomic mass is 79.9. The number of hydrogen-bond donors (Lipinski definition) is 1. The molecule has 1 amide bonds. The Morgan fingerprint density at radius 1 is 1.26 bits per heavy atom. The molecule has 6 heteroatoms. The van der Waals surface area contributed by atoms with Crippen molar-refractivity contribution in [3.63, 3.8) is 0 Å². The zero-order chi connectivity index (χ0) is 16.8. The number of rotatable bonds is 5. The number of amides is 1.